The van der Waals surface area contributed by atoms with Gasteiger partial charge in [-0.05, 0) is 29.0 Å². The van der Waals surface area contributed by atoms with Gasteiger partial charge < -0.3 is 5.73 Å². The third kappa shape index (κ3) is 1.83. The predicted molar refractivity (Wildman–Crippen MR) is 85.5 cm³/mol. The van der Waals surface area contributed by atoms with Gasteiger partial charge in [-0.2, -0.15) is 9.78 Å². The summed E-state index contributed by atoms with van der Waals surface area (Å²) in [5.41, 5.74) is 8.23. The first kappa shape index (κ1) is 12.5. The quantitative estimate of drug-likeness (QED) is 0.584. The van der Waals surface area contributed by atoms with E-state index in [0.29, 0.717) is 16.7 Å². The van der Waals surface area contributed by atoms with Crippen molar-refractivity contribution in [2.45, 2.75) is 0 Å². The van der Waals surface area contributed by atoms with Crippen molar-refractivity contribution >= 4 is 27.8 Å². The van der Waals surface area contributed by atoms with E-state index in [1.54, 1.807) is 18.3 Å². The van der Waals surface area contributed by atoms with Crippen molar-refractivity contribution in [3.63, 3.8) is 0 Å². The fourth-order valence-electron chi connectivity index (χ4n) is 2.65. The molecule has 4 rings (SSSR count). The maximum Gasteiger partial charge on any atom is 0.340 e. The number of primary amides is 1. The average molecular weight is 288 g/mol. The zero-order valence-electron chi connectivity index (χ0n) is 11.6. The van der Waals surface area contributed by atoms with Gasteiger partial charge in [0.25, 0.3) is 0 Å². The maximum atomic E-state index is 11.6. The normalized spacial score (nSPS) is 11.1. The van der Waals surface area contributed by atoms with Gasteiger partial charge in [0, 0.05) is 11.8 Å². The van der Waals surface area contributed by atoms with E-state index in [9.17, 15) is 4.79 Å². The van der Waals surface area contributed by atoms with Crippen LogP contribution in [0.1, 0.15) is 0 Å². The van der Waals surface area contributed by atoms with Crippen LogP contribution in [0.4, 0.5) is 4.79 Å². The van der Waals surface area contributed by atoms with Crippen LogP contribution in [0.2, 0.25) is 0 Å². The molecule has 0 fully saturated rings. The Morgan fingerprint density at radius 2 is 1.82 bits per heavy atom. The molecule has 2 N–H and O–H groups in total. The molecule has 22 heavy (non-hydrogen) atoms. The van der Waals surface area contributed by atoms with Crippen molar-refractivity contribution in [1.82, 2.24) is 14.8 Å². The topological polar surface area (TPSA) is 73.8 Å². The Kier molecular flexibility index (Phi) is 2.66. The first-order valence-corrected chi connectivity index (χ1v) is 6.87. The van der Waals surface area contributed by atoms with Crippen molar-refractivity contribution in [1.29, 1.82) is 0 Å². The number of carbonyl (C=O) groups is 1. The molecule has 2 aromatic heterocycles. The summed E-state index contributed by atoms with van der Waals surface area (Å²) in [6.45, 7) is 0. The largest absolute Gasteiger partial charge is 0.350 e. The number of pyridine rings is 1. The summed E-state index contributed by atoms with van der Waals surface area (Å²) in [6, 6.07) is 17.1. The number of hydrogen-bond acceptors (Lipinski definition) is 3. The predicted octanol–water partition coefficient (Wildman–Crippen LogP) is 3.18. The standard InChI is InChI=1S/C17H12N4O/c18-17(22)21-14-6-3-9-19-16(14)15(20-21)13-8-7-11-4-1-2-5-12(11)10-13/h1-10H,(H2,18,22). The van der Waals surface area contributed by atoms with Crippen molar-refractivity contribution in [3.8, 4) is 11.3 Å². The van der Waals surface area contributed by atoms with Crippen LogP contribution in [-0.4, -0.2) is 20.8 Å². The second-order valence-electron chi connectivity index (χ2n) is 5.03. The number of nitrogens with zero attached hydrogens (tertiary/aromatic N) is 3. The first-order valence-electron chi connectivity index (χ1n) is 6.87. The van der Waals surface area contributed by atoms with Gasteiger partial charge in [-0.15, -0.1) is 0 Å². The van der Waals surface area contributed by atoms with Crippen LogP contribution in [-0.2, 0) is 0 Å². The van der Waals surface area contributed by atoms with Crippen LogP contribution in [0.5, 0.6) is 0 Å². The molecular weight excluding hydrogens is 276 g/mol. The van der Waals surface area contributed by atoms with Crippen molar-refractivity contribution < 1.29 is 4.79 Å². The van der Waals surface area contributed by atoms with Gasteiger partial charge in [-0.25, -0.2) is 4.79 Å². The third-order valence-electron chi connectivity index (χ3n) is 3.67. The molecule has 0 spiro atoms. The lowest BCUT2D eigenvalue weighted by atomic mass is 10.0. The van der Waals surface area contributed by atoms with Gasteiger partial charge in [0.1, 0.15) is 11.2 Å². The molecule has 2 heterocycles. The fraction of sp³-hybridized carbons (Fsp3) is 0. The molecule has 1 amide bonds. The smallest absolute Gasteiger partial charge is 0.340 e. The molecule has 0 atom stereocenters. The van der Waals surface area contributed by atoms with E-state index in [1.807, 2.05) is 36.4 Å². The molecular formula is C17H12N4O. The van der Waals surface area contributed by atoms with Crippen molar-refractivity contribution in [2.24, 2.45) is 5.73 Å². The van der Waals surface area contributed by atoms with Crippen LogP contribution in [0.25, 0.3) is 33.1 Å². The maximum absolute atomic E-state index is 11.6. The first-order chi connectivity index (χ1) is 10.7. The molecule has 106 valence electrons. The lowest BCUT2D eigenvalue weighted by Gasteiger charge is -2.01. The Balaban J connectivity index is 2.01. The van der Waals surface area contributed by atoms with Gasteiger partial charge in [0.15, 0.2) is 0 Å². The summed E-state index contributed by atoms with van der Waals surface area (Å²) in [5, 5.41) is 6.61. The second kappa shape index (κ2) is 4.66. The van der Waals surface area contributed by atoms with E-state index in [4.69, 9.17) is 5.73 Å². The number of carbonyl (C=O) groups excluding carboxylic acids is 1. The Morgan fingerprint density at radius 3 is 2.64 bits per heavy atom. The summed E-state index contributed by atoms with van der Waals surface area (Å²) in [5.74, 6) is 0. The highest BCUT2D eigenvalue weighted by atomic mass is 16.2. The Morgan fingerprint density at radius 1 is 1.00 bits per heavy atom. The molecule has 0 aliphatic heterocycles. The van der Waals surface area contributed by atoms with Crippen LogP contribution in [0.15, 0.2) is 60.8 Å². The Labute approximate surface area is 126 Å². The Bertz CT molecular complexity index is 1020. The van der Waals surface area contributed by atoms with Crippen LogP contribution < -0.4 is 5.73 Å². The summed E-state index contributed by atoms with van der Waals surface area (Å²) in [6.07, 6.45) is 1.68. The zero-order valence-corrected chi connectivity index (χ0v) is 11.6. The number of rotatable bonds is 1. The molecule has 5 heteroatoms. The van der Waals surface area contributed by atoms with E-state index in [0.717, 1.165) is 16.3 Å². The summed E-state index contributed by atoms with van der Waals surface area (Å²) in [4.78, 5) is 15.9. The number of aromatic nitrogens is 3. The molecule has 0 bridgehead atoms. The lowest BCUT2D eigenvalue weighted by Crippen LogP contribution is -2.20. The monoisotopic (exact) mass is 288 g/mol. The Hall–Kier alpha value is -3.21. The van der Waals surface area contributed by atoms with Gasteiger partial charge in [0.2, 0.25) is 0 Å². The van der Waals surface area contributed by atoms with E-state index in [-0.39, 0.29) is 0 Å². The molecule has 0 saturated carbocycles. The number of hydrogen-bond donors (Lipinski definition) is 1. The molecule has 5 nitrogen and oxygen atoms in total. The minimum Gasteiger partial charge on any atom is -0.350 e. The highest BCUT2D eigenvalue weighted by Crippen LogP contribution is 2.28. The summed E-state index contributed by atoms with van der Waals surface area (Å²) >= 11 is 0. The minimum atomic E-state index is -0.620. The number of fused-ring (bicyclic) bond motifs is 2. The fourth-order valence-corrected chi connectivity index (χ4v) is 2.65. The minimum absolute atomic E-state index is 0.609. The zero-order chi connectivity index (χ0) is 15.1. The van der Waals surface area contributed by atoms with Crippen molar-refractivity contribution in [3.05, 3.63) is 60.8 Å². The van der Waals surface area contributed by atoms with Crippen molar-refractivity contribution in [2.75, 3.05) is 0 Å². The van der Waals surface area contributed by atoms with Gasteiger partial charge in [-0.1, -0.05) is 36.4 Å². The molecule has 4 aromatic rings. The van der Waals surface area contributed by atoms with Gasteiger partial charge >= 0.3 is 6.03 Å². The lowest BCUT2D eigenvalue weighted by molar-refractivity contribution is 0.248. The SMILES string of the molecule is NC(=O)n1nc(-c2ccc3ccccc3c2)c2ncccc21. The van der Waals surface area contributed by atoms with Gasteiger partial charge in [-0.3, -0.25) is 4.98 Å². The number of benzene rings is 2. The van der Waals surface area contributed by atoms with E-state index < -0.39 is 6.03 Å². The van der Waals surface area contributed by atoms with Gasteiger partial charge in [0.05, 0.1) is 5.52 Å². The molecule has 0 aliphatic rings. The molecule has 0 unspecified atom stereocenters. The highest BCUT2D eigenvalue weighted by Gasteiger charge is 2.16. The second-order valence-corrected chi connectivity index (χ2v) is 5.03. The highest BCUT2D eigenvalue weighted by molar-refractivity contribution is 5.97. The van der Waals surface area contributed by atoms with Crippen LogP contribution in [0.3, 0.4) is 0 Å². The van der Waals surface area contributed by atoms with Crippen LogP contribution in [0, 0.1) is 0 Å². The molecule has 2 aromatic carbocycles. The van der Waals surface area contributed by atoms with Crippen LogP contribution >= 0.6 is 0 Å². The average Bonchev–Trinajstić information content (AvgIpc) is 2.94. The third-order valence-corrected chi connectivity index (χ3v) is 3.67. The molecule has 0 radical (unpaired) electrons. The summed E-state index contributed by atoms with van der Waals surface area (Å²) in [7, 11) is 0. The molecule has 0 saturated heterocycles. The number of amides is 1. The van der Waals surface area contributed by atoms with E-state index in [1.165, 1.54) is 4.68 Å². The molecule has 0 aliphatic carbocycles. The summed E-state index contributed by atoms with van der Waals surface area (Å²) < 4.78 is 1.19. The number of nitrogens with two attached hydrogens (primary N) is 1. The van der Waals surface area contributed by atoms with E-state index in [2.05, 4.69) is 16.1 Å². The van der Waals surface area contributed by atoms with E-state index >= 15 is 0 Å².